The molecule has 0 nitrogen and oxygen atoms in total. The van der Waals surface area contributed by atoms with Gasteiger partial charge in [-0.25, -0.2) is 0 Å². The van der Waals surface area contributed by atoms with Crippen LogP contribution in [-0.4, -0.2) is 4.86 Å². The highest BCUT2D eigenvalue weighted by molar-refractivity contribution is 9.18. The Labute approximate surface area is 124 Å². The molecule has 1 atom stereocenters. The number of rotatable bonds is 1. The van der Waals surface area contributed by atoms with E-state index in [2.05, 4.69) is 58.9 Å². The molecule has 98 valence electrons. The van der Waals surface area contributed by atoms with E-state index >= 15 is 0 Å². The Morgan fingerprint density at radius 3 is 2.63 bits per heavy atom. The normalized spacial score (nSPS) is 25.4. The van der Waals surface area contributed by atoms with Gasteiger partial charge in [0.05, 0.1) is 0 Å². The van der Waals surface area contributed by atoms with Crippen molar-refractivity contribution < 1.29 is 0 Å². The number of fused-ring (bicyclic) bond motifs is 1. The van der Waals surface area contributed by atoms with Crippen LogP contribution in [0.1, 0.15) is 36.8 Å². The van der Waals surface area contributed by atoms with Crippen molar-refractivity contribution in [1.29, 1.82) is 0 Å². The summed E-state index contributed by atoms with van der Waals surface area (Å²) in [5, 5.41) is 0. The first-order valence-corrected chi connectivity index (χ1v) is 10.7. The fourth-order valence-corrected chi connectivity index (χ4v) is 10.3. The Morgan fingerprint density at radius 1 is 1.00 bits per heavy atom. The molecule has 0 N–H and O–H groups in total. The molecule has 0 spiro atoms. The summed E-state index contributed by atoms with van der Waals surface area (Å²) in [4.78, 5) is 4.83. The predicted molar refractivity (Wildman–Crippen MR) is 92.4 cm³/mol. The molecular formula is C16H16S3. The van der Waals surface area contributed by atoms with Gasteiger partial charge in [0.2, 0.25) is 0 Å². The molecule has 0 bridgehead atoms. The van der Waals surface area contributed by atoms with Gasteiger partial charge in [-0.3, -0.25) is 0 Å². The third-order valence-electron chi connectivity index (χ3n) is 3.83. The maximum atomic E-state index is 2.47. The summed E-state index contributed by atoms with van der Waals surface area (Å²) in [5.74, 6) is 0. The lowest BCUT2D eigenvalue weighted by Gasteiger charge is -2.14. The minimum atomic E-state index is 0.360. The van der Waals surface area contributed by atoms with Gasteiger partial charge in [-0.1, -0.05) is 60.0 Å². The SMILES string of the molecule is Cc1ccc(C2=CC3=S(S2)SC2=C3CCCC2)cc1. The highest BCUT2D eigenvalue weighted by Gasteiger charge is 2.30. The fourth-order valence-electron chi connectivity index (χ4n) is 2.74. The first-order valence-electron chi connectivity index (χ1n) is 6.80. The second-order valence-electron chi connectivity index (χ2n) is 5.25. The zero-order valence-corrected chi connectivity index (χ0v) is 13.4. The van der Waals surface area contributed by atoms with Crippen molar-refractivity contribution in [3.05, 3.63) is 51.9 Å². The predicted octanol–water partition coefficient (Wildman–Crippen LogP) is 5.93. The van der Waals surface area contributed by atoms with Crippen LogP contribution in [0.4, 0.5) is 0 Å². The van der Waals surface area contributed by atoms with E-state index in [9.17, 15) is 0 Å². The molecular weight excluding hydrogens is 288 g/mol. The topological polar surface area (TPSA) is 0 Å². The Balaban J connectivity index is 1.66. The van der Waals surface area contributed by atoms with Crippen molar-refractivity contribution in [3.63, 3.8) is 0 Å². The maximum absolute atomic E-state index is 2.47. The zero-order valence-electron chi connectivity index (χ0n) is 10.9. The van der Waals surface area contributed by atoms with Crippen molar-refractivity contribution in [2.24, 2.45) is 0 Å². The molecule has 0 amide bonds. The summed E-state index contributed by atoms with van der Waals surface area (Å²) in [6, 6.07) is 8.97. The van der Waals surface area contributed by atoms with E-state index in [1.807, 2.05) is 0 Å². The molecule has 1 unspecified atom stereocenters. The first kappa shape index (κ1) is 12.4. The summed E-state index contributed by atoms with van der Waals surface area (Å²) >= 11 is 0. The van der Waals surface area contributed by atoms with Crippen molar-refractivity contribution >= 4 is 39.9 Å². The summed E-state index contributed by atoms with van der Waals surface area (Å²) in [6.07, 6.45) is 7.91. The second kappa shape index (κ2) is 4.87. The highest BCUT2D eigenvalue weighted by Crippen LogP contribution is 2.64. The summed E-state index contributed by atoms with van der Waals surface area (Å²) in [6.45, 7) is 2.15. The molecule has 0 radical (unpaired) electrons. The molecule has 2 heterocycles. The Bertz CT molecular complexity index is 632. The number of aryl methyl sites for hydroxylation is 1. The van der Waals surface area contributed by atoms with Crippen LogP contribution in [0.25, 0.3) is 4.91 Å². The lowest BCUT2D eigenvalue weighted by molar-refractivity contribution is 0.712. The van der Waals surface area contributed by atoms with Crippen LogP contribution in [-0.2, 0) is 0 Å². The Morgan fingerprint density at radius 2 is 1.79 bits per heavy atom. The van der Waals surface area contributed by atoms with E-state index in [-0.39, 0.29) is 0 Å². The van der Waals surface area contributed by atoms with Gasteiger partial charge in [0, 0.05) is 14.7 Å². The molecule has 3 aliphatic rings. The molecule has 1 aromatic rings. The third kappa shape index (κ3) is 2.16. The number of benzene rings is 1. The molecule has 1 aliphatic carbocycles. The summed E-state index contributed by atoms with van der Waals surface area (Å²) in [7, 11) is 4.59. The molecule has 1 aromatic carbocycles. The first-order chi connectivity index (χ1) is 9.31. The van der Waals surface area contributed by atoms with Crippen molar-refractivity contribution in [2.75, 3.05) is 0 Å². The third-order valence-corrected chi connectivity index (χ3v) is 10.4. The minimum absolute atomic E-state index is 0.360. The van der Waals surface area contributed by atoms with E-state index in [1.54, 1.807) is 15.3 Å². The maximum Gasteiger partial charge on any atom is 0.0270 e. The van der Waals surface area contributed by atoms with Crippen LogP contribution in [0, 0.1) is 6.92 Å². The van der Waals surface area contributed by atoms with E-state index in [1.165, 1.54) is 41.7 Å². The van der Waals surface area contributed by atoms with E-state index in [0.29, 0.717) is 8.55 Å². The zero-order chi connectivity index (χ0) is 12.8. The van der Waals surface area contributed by atoms with Gasteiger partial charge < -0.3 is 0 Å². The van der Waals surface area contributed by atoms with Crippen LogP contribution in [0.15, 0.2) is 40.8 Å². The van der Waals surface area contributed by atoms with Gasteiger partial charge in [-0.2, -0.15) is 0 Å². The molecule has 3 heteroatoms. The van der Waals surface area contributed by atoms with Crippen LogP contribution >= 0.6 is 30.1 Å². The monoisotopic (exact) mass is 304 g/mol. The van der Waals surface area contributed by atoms with E-state index in [0.717, 1.165) is 0 Å². The minimum Gasteiger partial charge on any atom is -0.0587 e. The van der Waals surface area contributed by atoms with Gasteiger partial charge >= 0.3 is 0 Å². The summed E-state index contributed by atoms with van der Waals surface area (Å²) in [5.41, 5.74) is 4.44. The van der Waals surface area contributed by atoms with Gasteiger partial charge in [0.1, 0.15) is 0 Å². The summed E-state index contributed by atoms with van der Waals surface area (Å²) < 4.78 is 0. The van der Waals surface area contributed by atoms with Crippen molar-refractivity contribution in [1.82, 2.24) is 0 Å². The lowest BCUT2D eigenvalue weighted by atomic mass is 9.96. The average molecular weight is 305 g/mol. The van der Waals surface area contributed by atoms with Crippen LogP contribution in [0.5, 0.6) is 0 Å². The molecule has 0 fully saturated rings. The standard InChI is InChI=1S/C16H16S3/c1-11-6-8-12(9-7-11)15-10-16-13-4-2-3-5-14(13)17-19(16)18-15/h6-10H,2-5H2,1H3. The van der Waals surface area contributed by atoms with Crippen LogP contribution in [0.2, 0.25) is 0 Å². The largest absolute Gasteiger partial charge is 0.0587 e. The Hall–Kier alpha value is -0.380. The number of hydrogen-bond donors (Lipinski definition) is 0. The van der Waals surface area contributed by atoms with Gasteiger partial charge in [0.25, 0.3) is 0 Å². The smallest absolute Gasteiger partial charge is 0.0270 e. The fraction of sp³-hybridized carbons (Fsp3) is 0.312. The van der Waals surface area contributed by atoms with E-state index in [4.69, 9.17) is 0 Å². The molecule has 19 heavy (non-hydrogen) atoms. The van der Waals surface area contributed by atoms with Crippen molar-refractivity contribution in [3.8, 4) is 0 Å². The quantitative estimate of drug-likeness (QED) is 0.466. The van der Waals surface area contributed by atoms with Gasteiger partial charge in [0.15, 0.2) is 0 Å². The van der Waals surface area contributed by atoms with Gasteiger partial charge in [-0.15, -0.1) is 0 Å². The second-order valence-corrected chi connectivity index (χ2v) is 11.1. The number of hydrogen-bond acceptors (Lipinski definition) is 2. The van der Waals surface area contributed by atoms with Crippen molar-refractivity contribution in [2.45, 2.75) is 32.6 Å². The number of allylic oxidation sites excluding steroid dienone is 3. The van der Waals surface area contributed by atoms with Crippen LogP contribution < -0.4 is 0 Å². The molecule has 0 aromatic heterocycles. The van der Waals surface area contributed by atoms with Gasteiger partial charge in [-0.05, 0) is 49.8 Å². The molecule has 4 rings (SSSR count). The lowest BCUT2D eigenvalue weighted by Crippen LogP contribution is -2.01. The van der Waals surface area contributed by atoms with E-state index < -0.39 is 0 Å². The molecule has 0 saturated heterocycles. The molecule has 0 saturated carbocycles. The van der Waals surface area contributed by atoms with Crippen LogP contribution in [0.3, 0.4) is 0 Å². The molecule has 2 aliphatic heterocycles. The average Bonchev–Trinajstić information content (AvgIpc) is 2.97. The Kier molecular flexibility index (Phi) is 3.17. The highest BCUT2D eigenvalue weighted by atomic mass is 33.5.